The number of aromatic nitrogens is 1. The molecule has 0 aromatic carbocycles. The van der Waals surface area contributed by atoms with Crippen LogP contribution in [0.3, 0.4) is 0 Å². The molecule has 0 radical (unpaired) electrons. The molecule has 1 saturated carbocycles. The smallest absolute Gasteiger partial charge is 0.407 e. The van der Waals surface area contributed by atoms with E-state index in [1.165, 1.54) is 16.2 Å². The van der Waals surface area contributed by atoms with Crippen LogP contribution in [-0.2, 0) is 11.3 Å². The summed E-state index contributed by atoms with van der Waals surface area (Å²) >= 11 is 1.69. The number of amides is 1. The van der Waals surface area contributed by atoms with Crippen molar-refractivity contribution in [3.63, 3.8) is 0 Å². The zero-order valence-corrected chi connectivity index (χ0v) is 14.3. The van der Waals surface area contributed by atoms with Crippen LogP contribution in [0.2, 0.25) is 0 Å². The van der Waals surface area contributed by atoms with Gasteiger partial charge in [0.25, 0.3) is 0 Å². The first-order valence-corrected chi connectivity index (χ1v) is 9.44. The number of thioether (sulfide) groups is 1. The lowest BCUT2D eigenvalue weighted by Gasteiger charge is -2.30. The first-order valence-electron chi connectivity index (χ1n) is 8.22. The number of hydrogen-bond donors (Lipinski definition) is 1. The Morgan fingerprint density at radius 3 is 2.83 bits per heavy atom. The molecule has 0 unspecified atom stereocenters. The highest BCUT2D eigenvalue weighted by Crippen LogP contribution is 2.48. The van der Waals surface area contributed by atoms with E-state index >= 15 is 0 Å². The average Bonchev–Trinajstić information content (AvgIpc) is 3.35. The zero-order chi connectivity index (χ0) is 16.2. The Balaban J connectivity index is 1.34. The first kappa shape index (κ1) is 16.6. The lowest BCUT2D eigenvalue weighted by molar-refractivity contribution is 0.0950. The summed E-state index contributed by atoms with van der Waals surface area (Å²) in [6.07, 6.45) is 6.40. The summed E-state index contributed by atoms with van der Waals surface area (Å²) in [5.74, 6) is 2.07. The normalized spacial score (nSPS) is 24.7. The van der Waals surface area contributed by atoms with Crippen LogP contribution >= 0.6 is 11.8 Å². The molecule has 23 heavy (non-hydrogen) atoms. The lowest BCUT2D eigenvalue weighted by Crippen LogP contribution is -2.38. The maximum absolute atomic E-state index is 10.9. The molecule has 5 nitrogen and oxygen atoms in total. The van der Waals surface area contributed by atoms with Crippen LogP contribution in [0.1, 0.15) is 25.0 Å². The van der Waals surface area contributed by atoms with E-state index in [9.17, 15) is 4.79 Å². The van der Waals surface area contributed by atoms with Crippen LogP contribution in [0, 0.1) is 17.8 Å². The summed E-state index contributed by atoms with van der Waals surface area (Å²) in [5, 5.41) is 8.99. The number of carbonyl (C=O) groups is 1. The maximum Gasteiger partial charge on any atom is 0.407 e. The van der Waals surface area contributed by atoms with Crippen LogP contribution in [0.5, 0.6) is 0 Å². The van der Waals surface area contributed by atoms with Crippen molar-refractivity contribution < 1.29 is 14.6 Å². The average molecular weight is 336 g/mol. The van der Waals surface area contributed by atoms with Gasteiger partial charge in [0.2, 0.25) is 0 Å². The Kier molecular flexibility index (Phi) is 5.43. The maximum atomic E-state index is 10.9. The number of rotatable bonds is 6. The van der Waals surface area contributed by atoms with Crippen LogP contribution in [0.15, 0.2) is 23.2 Å². The van der Waals surface area contributed by atoms with Crippen LogP contribution in [0.4, 0.5) is 4.79 Å². The number of carboxylic acid groups (broad SMARTS) is 1. The van der Waals surface area contributed by atoms with Crippen LogP contribution in [0.25, 0.3) is 0 Å². The fourth-order valence-corrected chi connectivity index (χ4v) is 3.85. The van der Waals surface area contributed by atoms with Gasteiger partial charge in [0, 0.05) is 24.2 Å². The number of nitrogens with zero attached hydrogens (tertiary/aromatic N) is 2. The molecule has 1 saturated heterocycles. The number of likely N-dealkylation sites (tertiary alicyclic amines) is 1. The van der Waals surface area contributed by atoms with Crippen molar-refractivity contribution in [3.8, 4) is 0 Å². The first-order chi connectivity index (χ1) is 11.2. The summed E-state index contributed by atoms with van der Waals surface area (Å²) in [7, 11) is 0. The molecule has 126 valence electrons. The van der Waals surface area contributed by atoms with Gasteiger partial charge in [-0.3, -0.25) is 4.98 Å². The van der Waals surface area contributed by atoms with Gasteiger partial charge in [0.05, 0.1) is 18.9 Å². The van der Waals surface area contributed by atoms with E-state index < -0.39 is 6.09 Å². The van der Waals surface area contributed by atoms with Gasteiger partial charge in [-0.05, 0) is 55.4 Å². The van der Waals surface area contributed by atoms with Gasteiger partial charge in [-0.2, -0.15) is 0 Å². The zero-order valence-electron chi connectivity index (χ0n) is 13.5. The van der Waals surface area contributed by atoms with E-state index in [1.807, 2.05) is 18.5 Å². The SMILES string of the molecule is CSc1ccc(COC[C@H]2C[C@@H]2C2CCN(C(=O)O)CC2)nc1. The molecule has 0 spiro atoms. The highest BCUT2D eigenvalue weighted by atomic mass is 32.2. The Bertz CT molecular complexity index is 529. The predicted molar refractivity (Wildman–Crippen MR) is 89.6 cm³/mol. The molecule has 2 aliphatic rings. The topological polar surface area (TPSA) is 62.7 Å². The standard InChI is InChI=1S/C17H24N2O3S/c1-23-15-3-2-14(18-9-15)11-22-10-13-8-16(13)12-4-6-19(7-5-12)17(20)21/h2-3,9,12-13,16H,4-8,10-11H2,1H3,(H,20,21)/t13-,16-/m1/s1. The third-order valence-corrected chi connectivity index (χ3v) is 5.72. The Hall–Kier alpha value is -1.27. The van der Waals surface area contributed by atoms with Crippen LogP contribution < -0.4 is 0 Å². The Morgan fingerprint density at radius 1 is 1.43 bits per heavy atom. The van der Waals surface area contributed by atoms with Gasteiger partial charge in [-0.25, -0.2) is 4.79 Å². The number of ether oxygens (including phenoxy) is 1. The Morgan fingerprint density at radius 2 is 2.22 bits per heavy atom. The van der Waals surface area contributed by atoms with E-state index in [-0.39, 0.29) is 0 Å². The molecule has 2 fully saturated rings. The summed E-state index contributed by atoms with van der Waals surface area (Å²) in [6.45, 7) is 2.76. The van der Waals surface area contributed by atoms with Crippen molar-refractivity contribution in [2.45, 2.75) is 30.8 Å². The highest BCUT2D eigenvalue weighted by Gasteiger charge is 2.43. The van der Waals surface area contributed by atoms with E-state index in [0.29, 0.717) is 31.5 Å². The number of hydrogen-bond acceptors (Lipinski definition) is 4. The van der Waals surface area contributed by atoms with Crippen molar-refractivity contribution in [3.05, 3.63) is 24.0 Å². The molecule has 1 aliphatic carbocycles. The van der Waals surface area contributed by atoms with Gasteiger partial charge in [-0.1, -0.05) is 0 Å². The van der Waals surface area contributed by atoms with E-state index in [2.05, 4.69) is 11.1 Å². The summed E-state index contributed by atoms with van der Waals surface area (Å²) in [4.78, 5) is 18.0. The molecule has 3 rings (SSSR count). The molecule has 1 aromatic rings. The van der Waals surface area contributed by atoms with Gasteiger partial charge < -0.3 is 14.7 Å². The largest absolute Gasteiger partial charge is 0.465 e. The van der Waals surface area contributed by atoms with E-state index in [1.54, 1.807) is 11.8 Å². The van der Waals surface area contributed by atoms with Gasteiger partial charge in [-0.15, -0.1) is 11.8 Å². The Labute approximate surface area is 141 Å². The fraction of sp³-hybridized carbons (Fsp3) is 0.647. The summed E-state index contributed by atoms with van der Waals surface area (Å²) in [5.41, 5.74) is 0.981. The predicted octanol–water partition coefficient (Wildman–Crippen LogP) is 3.35. The van der Waals surface area contributed by atoms with Gasteiger partial charge >= 0.3 is 6.09 Å². The minimum absolute atomic E-state index is 0.579. The molecule has 2 atom stereocenters. The molecule has 1 N–H and O–H groups in total. The monoisotopic (exact) mass is 336 g/mol. The second kappa shape index (κ2) is 7.53. The van der Waals surface area contributed by atoms with Crippen molar-refractivity contribution in [1.82, 2.24) is 9.88 Å². The van der Waals surface area contributed by atoms with Gasteiger partial charge in [0.1, 0.15) is 0 Å². The molecule has 6 heteroatoms. The quantitative estimate of drug-likeness (QED) is 0.807. The van der Waals surface area contributed by atoms with E-state index in [0.717, 1.165) is 31.1 Å². The lowest BCUT2D eigenvalue weighted by atomic mass is 9.91. The highest BCUT2D eigenvalue weighted by molar-refractivity contribution is 7.98. The summed E-state index contributed by atoms with van der Waals surface area (Å²) in [6, 6.07) is 4.10. The number of pyridine rings is 1. The molecule has 2 heterocycles. The third kappa shape index (κ3) is 4.38. The minimum atomic E-state index is -0.779. The van der Waals surface area contributed by atoms with Crippen molar-refractivity contribution >= 4 is 17.9 Å². The third-order valence-electron chi connectivity index (χ3n) is 5.01. The van der Waals surface area contributed by atoms with Crippen molar-refractivity contribution in [2.75, 3.05) is 26.0 Å². The molecular formula is C17H24N2O3S. The van der Waals surface area contributed by atoms with E-state index in [4.69, 9.17) is 9.84 Å². The molecule has 0 bridgehead atoms. The van der Waals surface area contributed by atoms with Gasteiger partial charge in [0.15, 0.2) is 0 Å². The second-order valence-electron chi connectivity index (χ2n) is 6.47. The van der Waals surface area contributed by atoms with Crippen molar-refractivity contribution in [2.24, 2.45) is 17.8 Å². The fourth-order valence-electron chi connectivity index (χ4n) is 3.49. The summed E-state index contributed by atoms with van der Waals surface area (Å²) < 4.78 is 5.82. The second-order valence-corrected chi connectivity index (χ2v) is 7.35. The molecule has 1 aliphatic heterocycles. The minimum Gasteiger partial charge on any atom is -0.465 e. The molecular weight excluding hydrogens is 312 g/mol. The van der Waals surface area contributed by atoms with Crippen molar-refractivity contribution in [1.29, 1.82) is 0 Å². The number of piperidine rings is 1. The molecule has 1 amide bonds. The van der Waals surface area contributed by atoms with Crippen LogP contribution in [-0.4, -0.2) is 47.0 Å². The molecule has 1 aromatic heterocycles.